The van der Waals surface area contributed by atoms with E-state index < -0.39 is 0 Å². The van der Waals surface area contributed by atoms with Crippen molar-refractivity contribution in [3.8, 4) is 0 Å². The van der Waals surface area contributed by atoms with Crippen LogP contribution in [0.2, 0.25) is 0 Å². The Morgan fingerprint density at radius 1 is 1.22 bits per heavy atom. The quantitative estimate of drug-likeness (QED) is 0.898. The second-order valence-electron chi connectivity index (χ2n) is 4.07. The van der Waals surface area contributed by atoms with Crippen molar-refractivity contribution in [2.24, 2.45) is 0 Å². The Balaban J connectivity index is 1.99. The number of benzene rings is 1. The molecule has 0 spiro atoms. The van der Waals surface area contributed by atoms with Crippen molar-refractivity contribution in [1.82, 2.24) is 4.57 Å². The maximum atomic E-state index is 13.3. The third-order valence-corrected chi connectivity index (χ3v) is 2.83. The molecule has 0 amide bonds. The standard InChI is InChI=1S/C14H15FN2O/c1-11-12(15)5-4-6-13(11)16-8-10-17-9-3-2-7-14(17)18/h2-7,9,16H,8,10H2,1H3. The van der Waals surface area contributed by atoms with Crippen molar-refractivity contribution in [1.29, 1.82) is 0 Å². The average Bonchev–Trinajstić information content (AvgIpc) is 2.37. The van der Waals surface area contributed by atoms with Gasteiger partial charge in [-0.25, -0.2) is 4.39 Å². The lowest BCUT2D eigenvalue weighted by atomic mass is 10.2. The molecule has 1 heterocycles. The smallest absolute Gasteiger partial charge is 0.250 e. The lowest BCUT2D eigenvalue weighted by molar-refractivity contribution is 0.618. The van der Waals surface area contributed by atoms with Gasteiger partial charge >= 0.3 is 0 Å². The molecular formula is C14H15FN2O. The summed E-state index contributed by atoms with van der Waals surface area (Å²) in [5.41, 5.74) is 1.33. The number of anilines is 1. The molecule has 0 saturated carbocycles. The second kappa shape index (κ2) is 5.49. The predicted octanol–water partition coefficient (Wildman–Crippen LogP) is 2.41. The number of halogens is 1. The molecule has 0 unspecified atom stereocenters. The van der Waals surface area contributed by atoms with Crippen LogP contribution in [0.25, 0.3) is 0 Å². The molecule has 0 saturated heterocycles. The molecule has 2 aromatic rings. The van der Waals surface area contributed by atoms with Gasteiger partial charge in [-0.2, -0.15) is 0 Å². The zero-order valence-corrected chi connectivity index (χ0v) is 10.2. The first-order valence-corrected chi connectivity index (χ1v) is 5.83. The Labute approximate surface area is 105 Å². The van der Waals surface area contributed by atoms with Crippen LogP contribution >= 0.6 is 0 Å². The van der Waals surface area contributed by atoms with Crippen molar-refractivity contribution >= 4 is 5.69 Å². The van der Waals surface area contributed by atoms with Gasteiger partial charge in [-0.05, 0) is 25.1 Å². The van der Waals surface area contributed by atoms with Crippen LogP contribution in [0.5, 0.6) is 0 Å². The summed E-state index contributed by atoms with van der Waals surface area (Å²) in [7, 11) is 0. The lowest BCUT2D eigenvalue weighted by Gasteiger charge is -2.10. The molecule has 0 aliphatic heterocycles. The second-order valence-corrected chi connectivity index (χ2v) is 4.07. The minimum Gasteiger partial charge on any atom is -0.383 e. The number of nitrogens with one attached hydrogen (secondary N) is 1. The van der Waals surface area contributed by atoms with Crippen molar-refractivity contribution < 1.29 is 4.39 Å². The first kappa shape index (κ1) is 12.4. The van der Waals surface area contributed by atoms with E-state index in [2.05, 4.69) is 5.32 Å². The van der Waals surface area contributed by atoms with E-state index in [9.17, 15) is 9.18 Å². The summed E-state index contributed by atoms with van der Waals surface area (Å²) in [6, 6.07) is 9.97. The van der Waals surface area contributed by atoms with E-state index in [0.717, 1.165) is 5.69 Å². The van der Waals surface area contributed by atoms with Gasteiger partial charge in [-0.15, -0.1) is 0 Å². The summed E-state index contributed by atoms with van der Waals surface area (Å²) >= 11 is 0. The van der Waals surface area contributed by atoms with E-state index in [0.29, 0.717) is 18.7 Å². The Hall–Kier alpha value is -2.10. The van der Waals surface area contributed by atoms with E-state index >= 15 is 0 Å². The Bertz CT molecular complexity index is 592. The van der Waals surface area contributed by atoms with Crippen molar-refractivity contribution in [3.05, 3.63) is 64.3 Å². The zero-order valence-electron chi connectivity index (χ0n) is 10.2. The minimum atomic E-state index is -0.225. The summed E-state index contributed by atoms with van der Waals surface area (Å²) in [6.07, 6.45) is 1.74. The molecule has 0 atom stereocenters. The van der Waals surface area contributed by atoms with Crippen LogP contribution in [-0.4, -0.2) is 11.1 Å². The van der Waals surface area contributed by atoms with Gasteiger partial charge in [-0.1, -0.05) is 12.1 Å². The minimum absolute atomic E-state index is 0.0322. The molecular weight excluding hydrogens is 231 g/mol. The van der Waals surface area contributed by atoms with Crippen molar-refractivity contribution in [2.75, 3.05) is 11.9 Å². The number of hydrogen-bond acceptors (Lipinski definition) is 2. The molecule has 0 fully saturated rings. The summed E-state index contributed by atoms with van der Waals surface area (Å²) < 4.78 is 14.9. The maximum absolute atomic E-state index is 13.3. The van der Waals surface area contributed by atoms with Crippen LogP contribution in [0.1, 0.15) is 5.56 Å². The highest BCUT2D eigenvalue weighted by atomic mass is 19.1. The lowest BCUT2D eigenvalue weighted by Crippen LogP contribution is -2.22. The van der Waals surface area contributed by atoms with Gasteiger partial charge < -0.3 is 9.88 Å². The molecule has 18 heavy (non-hydrogen) atoms. The fraction of sp³-hybridized carbons (Fsp3) is 0.214. The highest BCUT2D eigenvalue weighted by molar-refractivity contribution is 5.50. The molecule has 1 N–H and O–H groups in total. The molecule has 0 aliphatic rings. The van der Waals surface area contributed by atoms with Crippen LogP contribution in [0.4, 0.5) is 10.1 Å². The van der Waals surface area contributed by atoms with Crippen LogP contribution in [0.3, 0.4) is 0 Å². The highest BCUT2D eigenvalue weighted by Crippen LogP contribution is 2.16. The monoisotopic (exact) mass is 246 g/mol. The fourth-order valence-electron chi connectivity index (χ4n) is 1.76. The SMILES string of the molecule is Cc1c(F)cccc1NCCn1ccccc1=O. The average molecular weight is 246 g/mol. The molecule has 94 valence electrons. The first-order valence-electron chi connectivity index (χ1n) is 5.83. The number of hydrogen-bond donors (Lipinski definition) is 1. The largest absolute Gasteiger partial charge is 0.383 e. The maximum Gasteiger partial charge on any atom is 0.250 e. The number of aromatic nitrogens is 1. The molecule has 3 nitrogen and oxygen atoms in total. The first-order chi connectivity index (χ1) is 8.68. The summed E-state index contributed by atoms with van der Waals surface area (Å²) in [6.45, 7) is 2.86. The van der Waals surface area contributed by atoms with E-state index in [1.165, 1.54) is 12.1 Å². The van der Waals surface area contributed by atoms with E-state index in [1.807, 2.05) is 12.1 Å². The third-order valence-electron chi connectivity index (χ3n) is 2.83. The van der Waals surface area contributed by atoms with E-state index in [-0.39, 0.29) is 11.4 Å². The topological polar surface area (TPSA) is 34.0 Å². The molecule has 1 aromatic heterocycles. The summed E-state index contributed by atoms with van der Waals surface area (Å²) in [4.78, 5) is 11.5. The molecule has 4 heteroatoms. The zero-order chi connectivity index (χ0) is 13.0. The van der Waals surface area contributed by atoms with Crippen LogP contribution < -0.4 is 10.9 Å². The third kappa shape index (κ3) is 2.77. The van der Waals surface area contributed by atoms with Crippen LogP contribution in [-0.2, 0) is 6.54 Å². The molecule has 0 bridgehead atoms. The van der Waals surface area contributed by atoms with Crippen molar-refractivity contribution in [3.63, 3.8) is 0 Å². The van der Waals surface area contributed by atoms with Gasteiger partial charge in [0.2, 0.25) is 0 Å². The summed E-state index contributed by atoms with van der Waals surface area (Å²) in [5, 5.41) is 3.13. The van der Waals surface area contributed by atoms with Crippen LogP contribution in [0, 0.1) is 12.7 Å². The van der Waals surface area contributed by atoms with Gasteiger partial charge in [0.15, 0.2) is 0 Å². The van der Waals surface area contributed by atoms with Crippen molar-refractivity contribution in [2.45, 2.75) is 13.5 Å². The van der Waals surface area contributed by atoms with E-state index in [4.69, 9.17) is 0 Å². The number of pyridine rings is 1. The van der Waals surface area contributed by atoms with Gasteiger partial charge in [0.05, 0.1) is 0 Å². The van der Waals surface area contributed by atoms with Gasteiger partial charge in [0.1, 0.15) is 5.82 Å². The van der Waals surface area contributed by atoms with E-state index in [1.54, 1.807) is 29.8 Å². The normalized spacial score (nSPS) is 10.3. The number of rotatable bonds is 4. The molecule has 2 rings (SSSR count). The predicted molar refractivity (Wildman–Crippen MR) is 70.3 cm³/mol. The van der Waals surface area contributed by atoms with Gasteiger partial charge in [0.25, 0.3) is 5.56 Å². The molecule has 1 aromatic carbocycles. The van der Waals surface area contributed by atoms with Crippen LogP contribution in [0.15, 0.2) is 47.4 Å². The molecule has 0 aliphatic carbocycles. The van der Waals surface area contributed by atoms with Gasteiger partial charge in [-0.3, -0.25) is 4.79 Å². The Morgan fingerprint density at radius 2 is 2.06 bits per heavy atom. The number of nitrogens with zero attached hydrogens (tertiary/aromatic N) is 1. The molecule has 0 radical (unpaired) electrons. The Kier molecular flexibility index (Phi) is 3.77. The summed E-state index contributed by atoms with van der Waals surface area (Å²) in [5.74, 6) is -0.225. The van der Waals surface area contributed by atoms with Gasteiger partial charge in [0, 0.05) is 36.6 Å². The fourth-order valence-corrected chi connectivity index (χ4v) is 1.76. The highest BCUT2D eigenvalue weighted by Gasteiger charge is 2.02. The Morgan fingerprint density at radius 3 is 2.83 bits per heavy atom.